The van der Waals surface area contributed by atoms with Crippen LogP contribution in [-0.4, -0.2) is 34.8 Å². The number of nitrogens with zero attached hydrogens (tertiary/aromatic N) is 1. The van der Waals surface area contributed by atoms with Gasteiger partial charge in [0, 0.05) is 6.54 Å². The molecule has 20 heavy (non-hydrogen) atoms. The van der Waals surface area contributed by atoms with Gasteiger partial charge in [0.05, 0.1) is 0 Å². The van der Waals surface area contributed by atoms with Gasteiger partial charge in [-0.1, -0.05) is 27.2 Å². The first-order valence-electron chi connectivity index (χ1n) is 8.03. The summed E-state index contributed by atoms with van der Waals surface area (Å²) in [7, 11) is 0. The van der Waals surface area contributed by atoms with Crippen molar-refractivity contribution in [3.05, 3.63) is 0 Å². The van der Waals surface area contributed by atoms with Crippen molar-refractivity contribution in [1.29, 1.82) is 0 Å². The van der Waals surface area contributed by atoms with Crippen molar-refractivity contribution in [1.82, 2.24) is 10.2 Å². The lowest BCUT2D eigenvalue weighted by molar-refractivity contribution is -0.156. The van der Waals surface area contributed by atoms with Crippen molar-refractivity contribution >= 4 is 11.8 Å². The standard InChI is InChI=1S/C16H28N2O2/c1-5-6-9-18-13(10-11(2)3)14(19)17-16(4,15(18)20)12-7-8-12/h11-13H,5-10H2,1-4H3,(H,17,19). The number of carbonyl (C=O) groups excluding carboxylic acids is 2. The summed E-state index contributed by atoms with van der Waals surface area (Å²) in [4.78, 5) is 27.2. The van der Waals surface area contributed by atoms with Crippen molar-refractivity contribution in [3.8, 4) is 0 Å². The van der Waals surface area contributed by atoms with Gasteiger partial charge in [-0.3, -0.25) is 9.59 Å². The average Bonchev–Trinajstić information content (AvgIpc) is 3.19. The number of hydrogen-bond donors (Lipinski definition) is 1. The lowest BCUT2D eigenvalue weighted by atomic mass is 9.87. The minimum absolute atomic E-state index is 0.0452. The Bertz CT molecular complexity index is 390. The van der Waals surface area contributed by atoms with Gasteiger partial charge in [-0.25, -0.2) is 0 Å². The van der Waals surface area contributed by atoms with Gasteiger partial charge in [0.1, 0.15) is 11.6 Å². The SMILES string of the molecule is CCCCN1C(=O)C(C)(C2CC2)NC(=O)C1CC(C)C. The molecule has 2 fully saturated rings. The largest absolute Gasteiger partial charge is 0.340 e. The molecule has 1 aliphatic heterocycles. The first-order valence-corrected chi connectivity index (χ1v) is 8.03. The van der Waals surface area contributed by atoms with Crippen LogP contribution >= 0.6 is 0 Å². The Labute approximate surface area is 122 Å². The highest BCUT2D eigenvalue weighted by Crippen LogP contribution is 2.42. The molecule has 2 rings (SSSR count). The van der Waals surface area contributed by atoms with Crippen LogP contribution in [0.15, 0.2) is 0 Å². The van der Waals surface area contributed by atoms with E-state index in [1.54, 1.807) is 0 Å². The summed E-state index contributed by atoms with van der Waals surface area (Å²) in [6, 6.07) is -0.277. The van der Waals surface area contributed by atoms with Gasteiger partial charge >= 0.3 is 0 Å². The Morgan fingerprint density at radius 1 is 1.35 bits per heavy atom. The van der Waals surface area contributed by atoms with Crippen LogP contribution in [0.2, 0.25) is 0 Å². The van der Waals surface area contributed by atoms with Gasteiger partial charge in [-0.05, 0) is 44.4 Å². The van der Waals surface area contributed by atoms with E-state index in [9.17, 15) is 9.59 Å². The van der Waals surface area contributed by atoms with E-state index in [0.717, 1.165) is 32.1 Å². The van der Waals surface area contributed by atoms with Crippen LogP contribution in [0.1, 0.15) is 59.8 Å². The normalized spacial score (nSPS) is 30.9. The van der Waals surface area contributed by atoms with E-state index in [0.29, 0.717) is 18.4 Å². The van der Waals surface area contributed by atoms with E-state index in [1.807, 2.05) is 11.8 Å². The van der Waals surface area contributed by atoms with Crippen LogP contribution in [0.4, 0.5) is 0 Å². The lowest BCUT2D eigenvalue weighted by Crippen LogP contribution is -2.70. The number of nitrogens with one attached hydrogen (secondary N) is 1. The van der Waals surface area contributed by atoms with Crippen molar-refractivity contribution in [2.75, 3.05) is 6.54 Å². The van der Waals surface area contributed by atoms with E-state index >= 15 is 0 Å². The van der Waals surface area contributed by atoms with Crippen molar-refractivity contribution in [3.63, 3.8) is 0 Å². The zero-order valence-corrected chi connectivity index (χ0v) is 13.2. The minimum atomic E-state index is -0.654. The molecule has 1 N–H and O–H groups in total. The second kappa shape index (κ2) is 5.74. The first-order chi connectivity index (χ1) is 9.40. The molecule has 114 valence electrons. The smallest absolute Gasteiger partial charge is 0.249 e. The van der Waals surface area contributed by atoms with Crippen LogP contribution < -0.4 is 5.32 Å². The van der Waals surface area contributed by atoms with Crippen molar-refractivity contribution in [2.45, 2.75) is 71.4 Å². The molecule has 1 heterocycles. The number of rotatable bonds is 6. The maximum atomic E-state index is 12.9. The van der Waals surface area contributed by atoms with Crippen LogP contribution in [0.3, 0.4) is 0 Å². The molecule has 1 saturated carbocycles. The van der Waals surface area contributed by atoms with E-state index in [4.69, 9.17) is 0 Å². The highest BCUT2D eigenvalue weighted by molar-refractivity contribution is 6.00. The van der Waals surface area contributed by atoms with Crippen LogP contribution in [0, 0.1) is 11.8 Å². The Kier molecular flexibility index (Phi) is 4.40. The zero-order chi connectivity index (χ0) is 14.9. The maximum Gasteiger partial charge on any atom is 0.249 e. The molecule has 2 amide bonds. The highest BCUT2D eigenvalue weighted by atomic mass is 16.2. The van der Waals surface area contributed by atoms with Crippen LogP contribution in [0.5, 0.6) is 0 Å². The Morgan fingerprint density at radius 2 is 2.00 bits per heavy atom. The predicted molar refractivity (Wildman–Crippen MR) is 79.1 cm³/mol. The molecular formula is C16H28N2O2. The number of hydrogen-bond acceptors (Lipinski definition) is 2. The minimum Gasteiger partial charge on any atom is -0.340 e. The Morgan fingerprint density at radius 3 is 2.50 bits per heavy atom. The van der Waals surface area contributed by atoms with Crippen LogP contribution in [0.25, 0.3) is 0 Å². The third-order valence-electron chi connectivity index (χ3n) is 4.61. The monoisotopic (exact) mass is 280 g/mol. The number of piperazine rings is 1. The summed E-state index contributed by atoms with van der Waals surface area (Å²) >= 11 is 0. The molecule has 0 aromatic rings. The molecule has 4 nitrogen and oxygen atoms in total. The summed E-state index contributed by atoms with van der Waals surface area (Å²) in [5, 5.41) is 3.04. The van der Waals surface area contributed by atoms with Crippen molar-refractivity contribution < 1.29 is 9.59 Å². The number of amides is 2. The van der Waals surface area contributed by atoms with Gasteiger partial charge in [0.2, 0.25) is 11.8 Å². The van der Waals surface area contributed by atoms with Crippen molar-refractivity contribution in [2.24, 2.45) is 11.8 Å². The predicted octanol–water partition coefficient (Wildman–Crippen LogP) is 2.33. The van der Waals surface area contributed by atoms with Gasteiger partial charge < -0.3 is 10.2 Å². The summed E-state index contributed by atoms with van der Waals surface area (Å²) in [5.41, 5.74) is -0.654. The van der Waals surface area contributed by atoms with Gasteiger partial charge in [0.15, 0.2) is 0 Å². The molecular weight excluding hydrogens is 252 g/mol. The van der Waals surface area contributed by atoms with E-state index in [2.05, 4.69) is 26.1 Å². The summed E-state index contributed by atoms with van der Waals surface area (Å²) < 4.78 is 0. The fraction of sp³-hybridized carbons (Fsp3) is 0.875. The van der Waals surface area contributed by atoms with E-state index in [-0.39, 0.29) is 17.9 Å². The third kappa shape index (κ3) is 2.84. The second-order valence-electron chi connectivity index (χ2n) is 6.96. The molecule has 2 atom stereocenters. The molecule has 0 bridgehead atoms. The Hall–Kier alpha value is -1.06. The maximum absolute atomic E-state index is 12.9. The summed E-state index contributed by atoms with van der Waals surface area (Å²) in [6.07, 6.45) is 4.87. The fourth-order valence-corrected chi connectivity index (χ4v) is 3.18. The molecule has 0 aromatic heterocycles. The molecule has 1 saturated heterocycles. The molecule has 0 spiro atoms. The summed E-state index contributed by atoms with van der Waals surface area (Å²) in [5.74, 6) is 0.929. The lowest BCUT2D eigenvalue weighted by Gasteiger charge is -2.45. The number of carbonyl (C=O) groups is 2. The quantitative estimate of drug-likeness (QED) is 0.812. The Balaban J connectivity index is 2.21. The van der Waals surface area contributed by atoms with Gasteiger partial charge in [0.25, 0.3) is 0 Å². The second-order valence-corrected chi connectivity index (χ2v) is 6.96. The van der Waals surface area contributed by atoms with Gasteiger partial charge in [-0.2, -0.15) is 0 Å². The van der Waals surface area contributed by atoms with E-state index in [1.165, 1.54) is 0 Å². The molecule has 0 radical (unpaired) electrons. The fourth-order valence-electron chi connectivity index (χ4n) is 3.18. The van der Waals surface area contributed by atoms with E-state index < -0.39 is 5.54 Å². The molecule has 2 aliphatic rings. The first kappa shape index (κ1) is 15.3. The summed E-state index contributed by atoms with van der Waals surface area (Å²) in [6.45, 7) is 8.94. The zero-order valence-electron chi connectivity index (χ0n) is 13.2. The molecule has 1 aliphatic carbocycles. The van der Waals surface area contributed by atoms with Gasteiger partial charge in [-0.15, -0.1) is 0 Å². The molecule has 4 heteroatoms. The van der Waals surface area contributed by atoms with Crippen LogP contribution in [-0.2, 0) is 9.59 Å². The topological polar surface area (TPSA) is 49.4 Å². The average molecular weight is 280 g/mol. The highest BCUT2D eigenvalue weighted by Gasteiger charge is 2.55. The third-order valence-corrected chi connectivity index (χ3v) is 4.61. The molecule has 0 aromatic carbocycles. The number of unbranched alkanes of at least 4 members (excludes halogenated alkanes) is 1. The molecule has 2 unspecified atom stereocenters.